The van der Waals surface area contributed by atoms with Crippen LogP contribution in [-0.2, 0) is 9.47 Å². The van der Waals surface area contributed by atoms with E-state index in [1.54, 1.807) is 0 Å². The highest BCUT2D eigenvalue weighted by Gasteiger charge is 2.19. The second kappa shape index (κ2) is 9.27. The molecule has 0 aromatic heterocycles. The van der Waals surface area contributed by atoms with Crippen LogP contribution in [-0.4, -0.2) is 55.0 Å². The van der Waals surface area contributed by atoms with Gasteiger partial charge in [0, 0.05) is 13.2 Å². The van der Waals surface area contributed by atoms with Crippen LogP contribution in [0.1, 0.15) is 20.3 Å². The Hall–Kier alpha value is 0.314. The minimum Gasteiger partial charge on any atom is -0.357 e. The molecular formula is C12H29NO2Si2. The summed E-state index contributed by atoms with van der Waals surface area (Å²) in [5.74, 6) is 0.0298. The van der Waals surface area contributed by atoms with Crippen LogP contribution < -0.4 is 0 Å². The molecule has 0 aromatic carbocycles. The first kappa shape index (κ1) is 17.3. The fraction of sp³-hybridized carbons (Fsp3) is 1.00. The molecule has 0 aromatic rings. The Morgan fingerprint density at radius 2 is 1.65 bits per heavy atom. The van der Waals surface area contributed by atoms with E-state index < -0.39 is 8.24 Å². The van der Waals surface area contributed by atoms with Crippen LogP contribution in [0, 0.1) is 0 Å². The number of hydrogen-bond donors (Lipinski definition) is 0. The average Bonchev–Trinajstić information content (AvgIpc) is 2.23. The van der Waals surface area contributed by atoms with Crippen molar-refractivity contribution in [1.82, 2.24) is 4.57 Å². The van der Waals surface area contributed by atoms with Gasteiger partial charge >= 0.3 is 0 Å². The molecule has 0 fully saturated rings. The van der Waals surface area contributed by atoms with Gasteiger partial charge < -0.3 is 14.0 Å². The lowest BCUT2D eigenvalue weighted by Gasteiger charge is -2.30. The third-order valence-electron chi connectivity index (χ3n) is 2.76. The van der Waals surface area contributed by atoms with Gasteiger partial charge in [-0.05, 0) is 33.9 Å². The fourth-order valence-electron chi connectivity index (χ4n) is 1.34. The van der Waals surface area contributed by atoms with Crippen LogP contribution in [0.4, 0.5) is 0 Å². The zero-order chi connectivity index (χ0) is 13.3. The maximum absolute atomic E-state index is 5.54. The summed E-state index contributed by atoms with van der Waals surface area (Å²) in [6.07, 6.45) is 1.25. The minimum absolute atomic E-state index is 0.0298. The molecule has 0 aliphatic heterocycles. The van der Waals surface area contributed by atoms with Gasteiger partial charge in [0.2, 0.25) is 0 Å². The Balaban J connectivity index is 3.67. The topological polar surface area (TPSA) is 21.7 Å². The summed E-state index contributed by atoms with van der Waals surface area (Å²) in [4.78, 5) is 0. The third-order valence-corrected chi connectivity index (χ3v) is 6.59. The maximum Gasteiger partial charge on any atom is 0.137 e. The van der Waals surface area contributed by atoms with E-state index in [9.17, 15) is 0 Å². The average molecular weight is 276 g/mol. The minimum atomic E-state index is -1.09. The first-order chi connectivity index (χ1) is 7.91. The molecule has 2 radical (unpaired) electrons. The fourth-order valence-corrected chi connectivity index (χ4v) is 3.34. The van der Waals surface area contributed by atoms with Crippen molar-refractivity contribution in [2.45, 2.75) is 51.9 Å². The highest BCUT2D eigenvalue weighted by Crippen LogP contribution is 2.08. The van der Waals surface area contributed by atoms with E-state index in [1.165, 1.54) is 19.0 Å². The lowest BCUT2D eigenvalue weighted by molar-refractivity contribution is -0.0827. The molecule has 0 bridgehead atoms. The summed E-state index contributed by atoms with van der Waals surface area (Å²) in [7, 11) is 1.92. The molecule has 0 heterocycles. The first-order valence-corrected chi connectivity index (χ1v) is 11.3. The SMILES string of the molecule is CCOC(OCC)[Si]CCCN(C)[Si](C)(C)C. The summed E-state index contributed by atoms with van der Waals surface area (Å²) in [6, 6.07) is 1.21. The molecule has 0 aliphatic rings. The number of ether oxygens (including phenoxy) is 2. The van der Waals surface area contributed by atoms with Crippen molar-refractivity contribution in [3.63, 3.8) is 0 Å². The molecule has 0 amide bonds. The van der Waals surface area contributed by atoms with Crippen LogP contribution in [0.25, 0.3) is 0 Å². The summed E-state index contributed by atoms with van der Waals surface area (Å²) < 4.78 is 13.6. The van der Waals surface area contributed by atoms with E-state index >= 15 is 0 Å². The third kappa shape index (κ3) is 8.96. The predicted octanol–water partition coefficient (Wildman–Crippen LogP) is 2.62. The Labute approximate surface area is 111 Å². The van der Waals surface area contributed by atoms with E-state index in [0.29, 0.717) is 0 Å². The molecule has 0 spiro atoms. The number of nitrogens with zero attached hydrogens (tertiary/aromatic N) is 1. The van der Waals surface area contributed by atoms with Crippen molar-refractivity contribution in [3.05, 3.63) is 0 Å². The normalized spacial score (nSPS) is 12.7. The monoisotopic (exact) mass is 275 g/mol. The molecule has 0 saturated carbocycles. The van der Waals surface area contributed by atoms with Gasteiger partial charge in [-0.3, -0.25) is 0 Å². The Kier molecular flexibility index (Phi) is 9.44. The molecule has 0 N–H and O–H groups in total. The highest BCUT2D eigenvalue weighted by molar-refractivity contribution is 6.73. The molecule has 0 rings (SSSR count). The van der Waals surface area contributed by atoms with Crippen LogP contribution in [0.2, 0.25) is 25.7 Å². The second-order valence-corrected chi connectivity index (χ2v) is 11.6. The van der Waals surface area contributed by atoms with Crippen LogP contribution in [0.5, 0.6) is 0 Å². The molecule has 102 valence electrons. The van der Waals surface area contributed by atoms with Gasteiger partial charge in [0.15, 0.2) is 0 Å². The van der Waals surface area contributed by atoms with Crippen molar-refractivity contribution in [1.29, 1.82) is 0 Å². The zero-order valence-corrected chi connectivity index (χ0v) is 14.4. The van der Waals surface area contributed by atoms with E-state index in [2.05, 4.69) is 31.3 Å². The van der Waals surface area contributed by atoms with Gasteiger partial charge in [-0.15, -0.1) is 0 Å². The Bertz CT molecular complexity index is 180. The molecule has 5 heteroatoms. The van der Waals surface area contributed by atoms with E-state index in [-0.39, 0.29) is 5.91 Å². The summed E-state index contributed by atoms with van der Waals surface area (Å²) >= 11 is 0. The van der Waals surface area contributed by atoms with Crippen molar-refractivity contribution >= 4 is 17.8 Å². The van der Waals surface area contributed by atoms with E-state index in [0.717, 1.165) is 22.7 Å². The van der Waals surface area contributed by atoms with Crippen molar-refractivity contribution < 1.29 is 9.47 Å². The molecule has 3 nitrogen and oxygen atoms in total. The lowest BCUT2D eigenvalue weighted by Crippen LogP contribution is -2.43. The summed E-state index contributed by atoms with van der Waals surface area (Å²) in [6.45, 7) is 13.9. The van der Waals surface area contributed by atoms with E-state index in [4.69, 9.17) is 9.47 Å². The first-order valence-electron chi connectivity index (χ1n) is 6.59. The van der Waals surface area contributed by atoms with Gasteiger partial charge in [-0.25, -0.2) is 0 Å². The summed E-state index contributed by atoms with van der Waals surface area (Å²) in [5, 5.41) is 0. The van der Waals surface area contributed by atoms with Crippen molar-refractivity contribution in [3.8, 4) is 0 Å². The van der Waals surface area contributed by atoms with E-state index in [1.807, 2.05) is 13.8 Å². The van der Waals surface area contributed by atoms with Crippen LogP contribution >= 0.6 is 0 Å². The number of rotatable bonds is 10. The van der Waals surface area contributed by atoms with Crippen molar-refractivity contribution in [2.75, 3.05) is 26.8 Å². The van der Waals surface area contributed by atoms with Gasteiger partial charge in [-0.1, -0.05) is 25.7 Å². The van der Waals surface area contributed by atoms with Gasteiger partial charge in [0.05, 0.1) is 0 Å². The van der Waals surface area contributed by atoms with Crippen molar-refractivity contribution in [2.24, 2.45) is 0 Å². The quantitative estimate of drug-likeness (QED) is 0.347. The predicted molar refractivity (Wildman–Crippen MR) is 78.2 cm³/mol. The van der Waals surface area contributed by atoms with Gasteiger partial charge in [0.25, 0.3) is 0 Å². The molecule has 0 saturated heterocycles. The Morgan fingerprint density at radius 1 is 1.12 bits per heavy atom. The van der Waals surface area contributed by atoms with Crippen LogP contribution in [0.3, 0.4) is 0 Å². The lowest BCUT2D eigenvalue weighted by atomic mass is 10.5. The second-order valence-electron chi connectivity index (χ2n) is 5.14. The van der Waals surface area contributed by atoms with Gasteiger partial charge in [-0.2, -0.15) is 0 Å². The number of hydrogen-bond acceptors (Lipinski definition) is 3. The largest absolute Gasteiger partial charge is 0.357 e. The highest BCUT2D eigenvalue weighted by atomic mass is 28.3. The van der Waals surface area contributed by atoms with Crippen LogP contribution in [0.15, 0.2) is 0 Å². The molecule has 0 atom stereocenters. The summed E-state index contributed by atoms with van der Waals surface area (Å²) in [5.41, 5.74) is 0. The Morgan fingerprint density at radius 3 is 2.06 bits per heavy atom. The molecule has 17 heavy (non-hydrogen) atoms. The smallest absolute Gasteiger partial charge is 0.137 e. The van der Waals surface area contributed by atoms with Gasteiger partial charge in [0.1, 0.15) is 23.7 Å². The maximum atomic E-state index is 5.54. The molecular weight excluding hydrogens is 246 g/mol. The molecule has 0 unspecified atom stereocenters. The zero-order valence-electron chi connectivity index (χ0n) is 12.4. The molecule has 0 aliphatic carbocycles. The standard InChI is InChI=1S/C12H29NO2Si2/c1-7-14-12(15-8-2)16-11-9-10-13(3)17(4,5)6/h12H,7-11H2,1-6H3.